The van der Waals surface area contributed by atoms with Crippen LogP contribution in [0.3, 0.4) is 0 Å². The number of methoxy groups -OCH3 is 2. The molecule has 0 aliphatic rings. The minimum absolute atomic E-state index is 0.115. The molecular weight excluding hydrogens is 1580 g/mol. The summed E-state index contributed by atoms with van der Waals surface area (Å²) in [6, 6.07) is 73.9. The molecule has 11 rings (SSSR count). The summed E-state index contributed by atoms with van der Waals surface area (Å²) in [6.07, 6.45) is 0. The molecule has 698 valence electrons. The second kappa shape index (κ2) is 55.4. The van der Waals surface area contributed by atoms with Crippen LogP contribution in [0.2, 0.25) is 5.02 Å². The Morgan fingerprint density at radius 1 is 0.203 bits per heavy atom. The van der Waals surface area contributed by atoms with Crippen molar-refractivity contribution in [1.29, 1.82) is 0 Å². The molecule has 0 atom stereocenters. The number of benzene rings is 11. The van der Waals surface area contributed by atoms with Crippen molar-refractivity contribution in [3.05, 3.63) is 340 Å². The summed E-state index contributed by atoms with van der Waals surface area (Å²) >= 11 is 6.27. The lowest BCUT2D eigenvalue weighted by atomic mass is 9.89. The second-order valence-corrected chi connectivity index (χ2v) is 41.0. The van der Waals surface area contributed by atoms with Gasteiger partial charge in [0.15, 0.2) is 0 Å². The van der Waals surface area contributed by atoms with Crippen LogP contribution in [0.15, 0.2) is 206 Å². The molecule has 0 N–H and O–H groups in total. The average molecular weight is 1760 g/mol. The summed E-state index contributed by atoms with van der Waals surface area (Å²) < 4.78 is 37.9. The Morgan fingerprint density at radius 3 is 0.703 bits per heavy atom. The van der Waals surface area contributed by atoms with Crippen molar-refractivity contribution in [2.24, 2.45) is 5.92 Å². The molecule has 0 spiro atoms. The standard InChI is InChI=1S/C19H24.C18H22.C17H20.C14H22O2.C14H22.C13H19Cl.C12H16F2.C12H18.C4H10/c1-13(2)16-6-8-17(9-7-16)18-10-11-19(14(3)4)15(5)12-18;1-13(2)15-5-9-17(10-6-15)18-11-7-16(8-12-18)14(3)4;1-12(2)17-13(3)10-16(11-14(17)4)15-8-6-5-7-9-15;1-9(2)11-7-12(15-5)14(10(3)4)13(8-11)16-6;1-9(2)13-7-11(5)14(10(3)4)12(6)8-13;1-8(2)11-6-10(5)13(9(3)4)12(14)7-11;1-7(2)9-5-10(13)12(8(3)4)11(14)6-9;1-9(2)11-5-7-12(8-6-11)10(3)4;1-4(2)3/h6-14H,1-5H3;5-14H,1-4H3;5-12H,1-4H3;7-10H,1-6H3;7-10H,1-6H3;6-9H,1-5H3;5-8H,1-4H3;5-10H,1-4H3;4H,1-3H3. The maximum absolute atomic E-state index is 13.5. The zero-order chi connectivity index (χ0) is 97.2. The van der Waals surface area contributed by atoms with Crippen molar-refractivity contribution < 1.29 is 18.3 Å². The first kappa shape index (κ1) is 113. The highest BCUT2D eigenvalue weighted by molar-refractivity contribution is 6.31. The SMILES string of the molecule is CC(C)C.CC(C)c1cc(F)c(C(C)C)c(F)c1.CC(C)c1ccc(-c2ccc(C(C)C)cc2)cc1.CC(C)c1ccc(C(C)C)cc1.COc1cc(C(C)C)cc(OC)c1C(C)C.Cc1cc(-c2ccc(C(C)C)cc2)ccc1C(C)C.Cc1cc(-c2ccccc2)cc(C)c1C(C)C.Cc1cc(C(C)C)cc(C)c1C(C)C.Cc1cc(C(C)C)cc(Cl)c1C(C)C. The van der Waals surface area contributed by atoms with Gasteiger partial charge < -0.3 is 9.47 Å². The molecule has 0 amide bonds. The van der Waals surface area contributed by atoms with E-state index in [2.05, 4.69) is 436 Å². The highest BCUT2D eigenvalue weighted by Crippen LogP contribution is 2.40. The quantitative estimate of drug-likeness (QED) is 0.0757. The summed E-state index contributed by atoms with van der Waals surface area (Å²) in [4.78, 5) is 0. The third-order valence-electron chi connectivity index (χ3n) is 23.5. The molecule has 0 saturated carbocycles. The van der Waals surface area contributed by atoms with Gasteiger partial charge in [0.1, 0.15) is 23.1 Å². The number of hydrogen-bond donors (Lipinski definition) is 0. The van der Waals surface area contributed by atoms with E-state index in [1.165, 1.54) is 146 Å². The van der Waals surface area contributed by atoms with Gasteiger partial charge in [0.05, 0.1) is 14.2 Å². The first-order valence-electron chi connectivity index (χ1n) is 48.1. The summed E-state index contributed by atoms with van der Waals surface area (Å²) in [5, 5.41) is 0.920. The Balaban J connectivity index is 0.000000376. The monoisotopic (exact) mass is 1760 g/mol. The minimum Gasteiger partial charge on any atom is -0.496 e. The van der Waals surface area contributed by atoms with Crippen LogP contribution in [0.5, 0.6) is 11.5 Å². The number of hydrogen-bond acceptors (Lipinski definition) is 2. The summed E-state index contributed by atoms with van der Waals surface area (Å²) in [7, 11) is 3.43. The predicted molar refractivity (Wildman–Crippen MR) is 566 cm³/mol. The van der Waals surface area contributed by atoms with E-state index in [0.717, 1.165) is 28.0 Å². The molecule has 0 saturated heterocycles. The van der Waals surface area contributed by atoms with Crippen LogP contribution in [0, 0.1) is 59.1 Å². The smallest absolute Gasteiger partial charge is 0.129 e. The fraction of sp³-hybridized carbons (Fsp3) is 0.463. The molecule has 2 nitrogen and oxygen atoms in total. The summed E-state index contributed by atoms with van der Waals surface area (Å²) in [5.74, 6) is 9.34. The fourth-order valence-corrected chi connectivity index (χ4v) is 16.6. The van der Waals surface area contributed by atoms with Gasteiger partial charge in [-0.2, -0.15) is 0 Å². The average Bonchev–Trinajstić information content (AvgIpc) is 0.819. The molecule has 11 aromatic carbocycles. The molecule has 0 radical (unpaired) electrons. The molecule has 0 fully saturated rings. The van der Waals surface area contributed by atoms with Crippen LogP contribution < -0.4 is 9.47 Å². The molecule has 5 heteroatoms. The van der Waals surface area contributed by atoms with E-state index in [-0.39, 0.29) is 17.4 Å². The van der Waals surface area contributed by atoms with Crippen LogP contribution in [-0.4, -0.2) is 14.2 Å². The maximum atomic E-state index is 13.5. The van der Waals surface area contributed by atoms with Crippen molar-refractivity contribution in [2.45, 2.75) is 359 Å². The van der Waals surface area contributed by atoms with Crippen LogP contribution >= 0.6 is 11.6 Å². The zero-order valence-corrected chi connectivity index (χ0v) is 88.6. The molecule has 128 heavy (non-hydrogen) atoms. The predicted octanol–water partition coefficient (Wildman–Crippen LogP) is 39.8. The Bertz CT molecular complexity index is 4680. The third-order valence-corrected chi connectivity index (χ3v) is 23.8. The lowest BCUT2D eigenvalue weighted by Gasteiger charge is -2.19. The largest absolute Gasteiger partial charge is 0.496 e. The highest BCUT2D eigenvalue weighted by Gasteiger charge is 2.20. The Hall–Kier alpha value is -8.83. The van der Waals surface area contributed by atoms with Gasteiger partial charge in [-0.05, 0) is 306 Å². The van der Waals surface area contributed by atoms with Crippen molar-refractivity contribution in [3.8, 4) is 44.9 Å². The summed E-state index contributed by atoms with van der Waals surface area (Å²) in [6.45, 7) is 84.9. The van der Waals surface area contributed by atoms with E-state index in [1.54, 1.807) is 28.1 Å². The molecule has 0 heterocycles. The van der Waals surface area contributed by atoms with Crippen molar-refractivity contribution >= 4 is 11.6 Å². The molecular formula is C123H173ClF2O2. The van der Waals surface area contributed by atoms with E-state index in [4.69, 9.17) is 21.1 Å². The maximum Gasteiger partial charge on any atom is 0.129 e. The van der Waals surface area contributed by atoms with E-state index in [1.807, 2.05) is 13.8 Å². The lowest BCUT2D eigenvalue weighted by Crippen LogP contribution is -2.01. The van der Waals surface area contributed by atoms with Gasteiger partial charge >= 0.3 is 0 Å². The number of halogens is 3. The Kier molecular flexibility index (Phi) is 49.0. The van der Waals surface area contributed by atoms with Gasteiger partial charge in [-0.15, -0.1) is 0 Å². The van der Waals surface area contributed by atoms with Crippen LogP contribution in [0.4, 0.5) is 8.78 Å². The molecule has 0 unspecified atom stereocenters. The molecule has 0 aliphatic heterocycles. The Morgan fingerprint density at radius 2 is 0.438 bits per heavy atom. The van der Waals surface area contributed by atoms with Crippen molar-refractivity contribution in [1.82, 2.24) is 0 Å². The van der Waals surface area contributed by atoms with Gasteiger partial charge in [0.25, 0.3) is 0 Å². The molecule has 0 bridgehead atoms. The van der Waals surface area contributed by atoms with E-state index >= 15 is 0 Å². The van der Waals surface area contributed by atoms with E-state index in [9.17, 15) is 8.78 Å². The van der Waals surface area contributed by atoms with Crippen LogP contribution in [0.25, 0.3) is 33.4 Å². The first-order valence-corrected chi connectivity index (χ1v) is 48.5. The first-order chi connectivity index (χ1) is 59.8. The summed E-state index contributed by atoms with van der Waals surface area (Å²) in [5.41, 5.74) is 35.2. The van der Waals surface area contributed by atoms with Gasteiger partial charge in [-0.1, -0.05) is 416 Å². The number of rotatable bonds is 20. The van der Waals surface area contributed by atoms with Crippen LogP contribution in [-0.2, 0) is 0 Å². The van der Waals surface area contributed by atoms with Gasteiger partial charge in [0, 0.05) is 16.1 Å². The number of ether oxygens (including phenoxy) is 2. The number of aryl methyl sites for hydroxylation is 6. The van der Waals surface area contributed by atoms with Gasteiger partial charge in [0.2, 0.25) is 0 Å². The van der Waals surface area contributed by atoms with E-state index < -0.39 is 11.6 Å². The minimum atomic E-state index is -0.427. The van der Waals surface area contributed by atoms with Crippen LogP contribution in [0.1, 0.15) is 434 Å². The van der Waals surface area contributed by atoms with E-state index in [0.29, 0.717) is 82.5 Å². The normalized spacial score (nSPS) is 11.2. The van der Waals surface area contributed by atoms with Gasteiger partial charge in [-0.3, -0.25) is 0 Å². The topological polar surface area (TPSA) is 18.5 Å². The zero-order valence-electron chi connectivity index (χ0n) is 87.8. The lowest BCUT2D eigenvalue weighted by molar-refractivity contribution is 0.380. The molecule has 0 aromatic heterocycles. The Labute approximate surface area is 788 Å². The van der Waals surface area contributed by atoms with Crippen molar-refractivity contribution in [3.63, 3.8) is 0 Å². The third kappa shape index (κ3) is 36.5. The molecule has 0 aliphatic carbocycles. The van der Waals surface area contributed by atoms with Gasteiger partial charge in [-0.25, -0.2) is 8.78 Å². The highest BCUT2D eigenvalue weighted by atomic mass is 35.5. The second-order valence-electron chi connectivity index (χ2n) is 40.6. The molecule has 11 aromatic rings. The van der Waals surface area contributed by atoms with Crippen molar-refractivity contribution in [2.75, 3.05) is 14.2 Å². The fourth-order valence-electron chi connectivity index (χ4n) is 16.1.